The average molecular weight is 493 g/mol. The van der Waals surface area contributed by atoms with Gasteiger partial charge in [-0.25, -0.2) is 9.37 Å². The zero-order chi connectivity index (χ0) is 24.7. The van der Waals surface area contributed by atoms with Crippen LogP contribution in [0.25, 0.3) is 21.1 Å². The zero-order valence-corrected chi connectivity index (χ0v) is 20.2. The van der Waals surface area contributed by atoms with Crippen molar-refractivity contribution in [2.24, 2.45) is 5.73 Å². The smallest absolute Gasteiger partial charge is 0.254 e. The molecule has 180 valence electrons. The fourth-order valence-corrected chi connectivity index (χ4v) is 5.53. The first-order valence-corrected chi connectivity index (χ1v) is 12.3. The fraction of sp³-hybridized carbons (Fsp3) is 0.308. The van der Waals surface area contributed by atoms with Gasteiger partial charge >= 0.3 is 0 Å². The summed E-state index contributed by atoms with van der Waals surface area (Å²) >= 11 is 1.58. The predicted molar refractivity (Wildman–Crippen MR) is 133 cm³/mol. The lowest BCUT2D eigenvalue weighted by Gasteiger charge is -2.29. The fourth-order valence-electron chi connectivity index (χ4n) is 4.48. The van der Waals surface area contributed by atoms with Gasteiger partial charge in [-0.1, -0.05) is 0 Å². The highest BCUT2D eigenvalue weighted by Gasteiger charge is 2.26. The van der Waals surface area contributed by atoms with Crippen molar-refractivity contribution in [2.45, 2.75) is 51.7 Å². The first-order chi connectivity index (χ1) is 16.8. The van der Waals surface area contributed by atoms with Gasteiger partial charge in [0.1, 0.15) is 17.5 Å². The van der Waals surface area contributed by atoms with Crippen molar-refractivity contribution in [1.29, 1.82) is 0 Å². The topological polar surface area (TPSA) is 107 Å². The number of thiophene rings is 1. The highest BCUT2D eigenvalue weighted by molar-refractivity contribution is 7.19. The number of carbonyl (C=O) groups excluding carboxylic acids is 2. The maximum atomic E-state index is 13.5. The van der Waals surface area contributed by atoms with E-state index >= 15 is 0 Å². The lowest BCUT2D eigenvalue weighted by atomic mass is 9.92. The van der Waals surface area contributed by atoms with Gasteiger partial charge in [0.15, 0.2) is 0 Å². The standard InChI is InChI=1S/C26H25FN4O3S/c1-13-14(2)35-22-11-20(24(28)32)26(31-23(13)22)34-19-6-4-18(5-7-19)30-25(33)16-9-15-10-17(27)3-8-21(15)29-12-16/h3,8-12,18-19H,4-7H2,1-2H3,(H2,28,32)(H,30,33). The number of aromatic nitrogens is 2. The van der Waals surface area contributed by atoms with Gasteiger partial charge in [0.2, 0.25) is 5.88 Å². The first-order valence-electron chi connectivity index (χ1n) is 11.5. The number of nitrogens with one attached hydrogen (secondary N) is 1. The Balaban J connectivity index is 1.24. The molecule has 5 rings (SSSR count). The van der Waals surface area contributed by atoms with E-state index in [2.05, 4.69) is 15.3 Å². The Labute approximate surface area is 205 Å². The Kier molecular flexibility index (Phi) is 6.10. The van der Waals surface area contributed by atoms with Crippen LogP contribution in [0.3, 0.4) is 0 Å². The summed E-state index contributed by atoms with van der Waals surface area (Å²) in [5.41, 5.74) is 8.82. The number of fused-ring (bicyclic) bond motifs is 2. The molecule has 0 radical (unpaired) electrons. The minimum Gasteiger partial charge on any atom is -0.474 e. The number of amides is 2. The molecule has 0 aliphatic heterocycles. The van der Waals surface area contributed by atoms with E-state index in [0.717, 1.165) is 33.5 Å². The summed E-state index contributed by atoms with van der Waals surface area (Å²) in [5, 5.41) is 3.63. The van der Waals surface area contributed by atoms with Gasteiger partial charge in [-0.05, 0) is 75.4 Å². The molecule has 3 heterocycles. The minimum atomic E-state index is -0.567. The van der Waals surface area contributed by atoms with Gasteiger partial charge in [0, 0.05) is 22.5 Å². The number of ether oxygens (including phenoxy) is 1. The summed E-state index contributed by atoms with van der Waals surface area (Å²) in [5.74, 6) is -0.900. The summed E-state index contributed by atoms with van der Waals surface area (Å²) < 4.78 is 20.6. The molecular formula is C26H25FN4O3S. The molecule has 0 saturated heterocycles. The lowest BCUT2D eigenvalue weighted by Crippen LogP contribution is -2.39. The summed E-state index contributed by atoms with van der Waals surface area (Å²) in [6, 6.07) is 7.70. The third kappa shape index (κ3) is 4.68. The third-order valence-electron chi connectivity index (χ3n) is 6.56. The number of benzene rings is 1. The normalized spacial score (nSPS) is 18.0. The second-order valence-corrected chi connectivity index (χ2v) is 10.2. The molecule has 1 fully saturated rings. The summed E-state index contributed by atoms with van der Waals surface area (Å²) in [7, 11) is 0. The number of nitrogens with two attached hydrogens (primary N) is 1. The van der Waals surface area contributed by atoms with E-state index < -0.39 is 5.91 Å². The number of primary amides is 1. The summed E-state index contributed by atoms with van der Waals surface area (Å²) in [4.78, 5) is 34.8. The number of rotatable bonds is 5. The largest absolute Gasteiger partial charge is 0.474 e. The van der Waals surface area contributed by atoms with E-state index in [0.29, 0.717) is 29.3 Å². The molecule has 1 aliphatic carbocycles. The Morgan fingerprint density at radius 1 is 1.14 bits per heavy atom. The van der Waals surface area contributed by atoms with E-state index in [-0.39, 0.29) is 35.3 Å². The number of carbonyl (C=O) groups is 2. The molecule has 0 spiro atoms. The van der Waals surface area contributed by atoms with Gasteiger partial charge in [-0.3, -0.25) is 14.6 Å². The highest BCUT2D eigenvalue weighted by Crippen LogP contribution is 2.34. The lowest BCUT2D eigenvalue weighted by molar-refractivity contribution is 0.0881. The molecule has 1 saturated carbocycles. The molecule has 0 unspecified atom stereocenters. The van der Waals surface area contributed by atoms with E-state index in [4.69, 9.17) is 10.5 Å². The van der Waals surface area contributed by atoms with Crippen LogP contribution in [0.1, 0.15) is 56.8 Å². The Morgan fingerprint density at radius 2 is 1.91 bits per heavy atom. The van der Waals surface area contributed by atoms with Gasteiger partial charge in [-0.15, -0.1) is 11.3 Å². The molecule has 4 aromatic rings. The zero-order valence-electron chi connectivity index (χ0n) is 19.4. The van der Waals surface area contributed by atoms with Crippen LogP contribution in [0.4, 0.5) is 4.39 Å². The van der Waals surface area contributed by atoms with Crippen molar-refractivity contribution in [2.75, 3.05) is 0 Å². The van der Waals surface area contributed by atoms with Gasteiger partial charge in [0.05, 0.1) is 21.3 Å². The van der Waals surface area contributed by atoms with Crippen molar-refractivity contribution in [3.05, 3.63) is 63.9 Å². The van der Waals surface area contributed by atoms with Crippen LogP contribution in [-0.2, 0) is 0 Å². The SMILES string of the molecule is Cc1sc2cc(C(N)=O)c(OC3CCC(NC(=O)c4cnc5ccc(F)cc5c4)CC3)nc2c1C. The number of aryl methyl sites for hydroxylation is 2. The molecule has 1 aromatic carbocycles. The van der Waals surface area contributed by atoms with E-state index in [1.165, 1.54) is 18.3 Å². The molecule has 3 aromatic heterocycles. The first kappa shape index (κ1) is 23.2. The molecule has 1 aliphatic rings. The van der Waals surface area contributed by atoms with Crippen molar-refractivity contribution in [3.8, 4) is 5.88 Å². The van der Waals surface area contributed by atoms with Crippen LogP contribution in [0.15, 0.2) is 36.5 Å². The molecule has 9 heteroatoms. The Morgan fingerprint density at radius 3 is 2.66 bits per heavy atom. The quantitative estimate of drug-likeness (QED) is 0.415. The molecule has 35 heavy (non-hydrogen) atoms. The third-order valence-corrected chi connectivity index (χ3v) is 7.70. The van der Waals surface area contributed by atoms with E-state index in [9.17, 15) is 14.0 Å². The minimum absolute atomic E-state index is 0.0154. The molecule has 2 amide bonds. The molecule has 7 nitrogen and oxygen atoms in total. The van der Waals surface area contributed by atoms with Crippen molar-refractivity contribution >= 4 is 44.3 Å². The maximum Gasteiger partial charge on any atom is 0.254 e. The van der Waals surface area contributed by atoms with Crippen LogP contribution in [0.2, 0.25) is 0 Å². The van der Waals surface area contributed by atoms with Crippen LogP contribution in [-0.4, -0.2) is 33.9 Å². The monoisotopic (exact) mass is 492 g/mol. The number of hydrogen-bond donors (Lipinski definition) is 2. The highest BCUT2D eigenvalue weighted by atomic mass is 32.1. The van der Waals surface area contributed by atoms with Crippen molar-refractivity contribution in [3.63, 3.8) is 0 Å². The van der Waals surface area contributed by atoms with Crippen molar-refractivity contribution < 1.29 is 18.7 Å². The molecule has 0 bridgehead atoms. The second-order valence-electron chi connectivity index (χ2n) is 8.96. The molecule has 0 atom stereocenters. The number of hydrogen-bond acceptors (Lipinski definition) is 6. The number of nitrogens with zero attached hydrogens (tertiary/aromatic N) is 2. The van der Waals surface area contributed by atoms with Crippen LogP contribution < -0.4 is 15.8 Å². The Hall–Kier alpha value is -3.59. The summed E-state index contributed by atoms with van der Waals surface area (Å²) in [6.07, 6.45) is 4.22. The van der Waals surface area contributed by atoms with Gasteiger partial charge in [0.25, 0.3) is 11.8 Å². The predicted octanol–water partition coefficient (Wildman–Crippen LogP) is 4.82. The van der Waals surface area contributed by atoms with Crippen LogP contribution in [0, 0.1) is 19.7 Å². The van der Waals surface area contributed by atoms with Gasteiger partial charge < -0.3 is 15.8 Å². The molecule has 3 N–H and O–H groups in total. The Bertz CT molecular complexity index is 1460. The van der Waals surface area contributed by atoms with E-state index in [1.807, 2.05) is 13.8 Å². The van der Waals surface area contributed by atoms with E-state index in [1.54, 1.807) is 29.5 Å². The van der Waals surface area contributed by atoms with Crippen LogP contribution >= 0.6 is 11.3 Å². The van der Waals surface area contributed by atoms with Crippen molar-refractivity contribution in [1.82, 2.24) is 15.3 Å². The van der Waals surface area contributed by atoms with Crippen LogP contribution in [0.5, 0.6) is 5.88 Å². The molecular weight excluding hydrogens is 467 g/mol. The summed E-state index contributed by atoms with van der Waals surface area (Å²) in [6.45, 7) is 4.03. The maximum absolute atomic E-state index is 13.5. The number of pyridine rings is 2. The average Bonchev–Trinajstić information content (AvgIpc) is 3.11. The van der Waals surface area contributed by atoms with Gasteiger partial charge in [-0.2, -0.15) is 0 Å². The number of halogens is 1. The second kappa shape index (κ2) is 9.22.